The number of aromatic nitrogens is 1. The van der Waals surface area contributed by atoms with Crippen LogP contribution in [0.25, 0.3) is 0 Å². The molecule has 0 aliphatic heterocycles. The zero-order valence-electron chi connectivity index (χ0n) is 12.2. The number of rotatable bonds is 5. The van der Waals surface area contributed by atoms with Crippen LogP contribution in [0.3, 0.4) is 0 Å². The molecule has 1 aromatic rings. The standard InChI is InChI=1S/C13H23N3O2S/c1-10(13(2,3)4)8-16-19(17,18)12-9-15-7-6-11(12)14-5/h6-7,9-10,16H,8H2,1-5H3,(H,14,15). The molecule has 1 rings (SSSR count). The van der Waals surface area contributed by atoms with E-state index in [1.807, 2.05) is 6.92 Å². The molecule has 108 valence electrons. The van der Waals surface area contributed by atoms with Crippen molar-refractivity contribution in [1.29, 1.82) is 0 Å². The topological polar surface area (TPSA) is 71.1 Å². The van der Waals surface area contributed by atoms with Crippen LogP contribution in [0.1, 0.15) is 27.7 Å². The Morgan fingerprint density at radius 1 is 1.37 bits per heavy atom. The van der Waals surface area contributed by atoms with Crippen molar-refractivity contribution in [2.75, 3.05) is 18.9 Å². The minimum absolute atomic E-state index is 0.0588. The Balaban J connectivity index is 2.88. The van der Waals surface area contributed by atoms with Crippen LogP contribution >= 0.6 is 0 Å². The van der Waals surface area contributed by atoms with E-state index in [9.17, 15) is 8.42 Å². The molecule has 1 unspecified atom stereocenters. The van der Waals surface area contributed by atoms with Crippen molar-refractivity contribution in [2.24, 2.45) is 11.3 Å². The van der Waals surface area contributed by atoms with Gasteiger partial charge in [0.05, 0.1) is 5.69 Å². The van der Waals surface area contributed by atoms with E-state index in [4.69, 9.17) is 0 Å². The molecule has 0 spiro atoms. The normalized spacial score (nSPS) is 14.2. The molecule has 0 bridgehead atoms. The molecule has 1 heterocycles. The molecule has 0 aromatic carbocycles. The summed E-state index contributed by atoms with van der Waals surface area (Å²) in [5.41, 5.74) is 0.606. The second-order valence-corrected chi connectivity index (χ2v) is 7.48. The van der Waals surface area contributed by atoms with Crippen molar-refractivity contribution < 1.29 is 8.42 Å². The fourth-order valence-electron chi connectivity index (χ4n) is 1.42. The summed E-state index contributed by atoms with van der Waals surface area (Å²) in [4.78, 5) is 4.06. The van der Waals surface area contributed by atoms with Crippen LogP contribution in [0, 0.1) is 11.3 Å². The van der Waals surface area contributed by atoms with Gasteiger partial charge in [0.2, 0.25) is 10.0 Å². The summed E-state index contributed by atoms with van der Waals surface area (Å²) < 4.78 is 27.2. The first kappa shape index (κ1) is 15.9. The number of sulfonamides is 1. The number of nitrogens with zero attached hydrogens (tertiary/aromatic N) is 1. The van der Waals surface area contributed by atoms with Gasteiger partial charge in [-0.3, -0.25) is 4.98 Å². The lowest BCUT2D eigenvalue weighted by Crippen LogP contribution is -2.34. The molecule has 1 aromatic heterocycles. The van der Waals surface area contributed by atoms with E-state index in [1.165, 1.54) is 6.20 Å². The summed E-state index contributed by atoms with van der Waals surface area (Å²) in [6.07, 6.45) is 2.92. The minimum atomic E-state index is -3.53. The molecular formula is C13H23N3O2S. The monoisotopic (exact) mass is 285 g/mol. The summed E-state index contributed by atoms with van der Waals surface area (Å²) in [6.45, 7) is 8.72. The number of hydrogen-bond donors (Lipinski definition) is 2. The first-order valence-corrected chi connectivity index (χ1v) is 7.78. The van der Waals surface area contributed by atoms with Gasteiger partial charge >= 0.3 is 0 Å². The third-order valence-electron chi connectivity index (χ3n) is 3.40. The Morgan fingerprint density at radius 3 is 2.53 bits per heavy atom. The van der Waals surface area contributed by atoms with E-state index in [-0.39, 0.29) is 16.2 Å². The SMILES string of the molecule is CNc1ccncc1S(=O)(=O)NCC(C)C(C)(C)C. The van der Waals surface area contributed by atoms with Gasteiger partial charge in [0, 0.05) is 26.0 Å². The Bertz CT molecular complexity index is 521. The van der Waals surface area contributed by atoms with Gasteiger partial charge in [0.25, 0.3) is 0 Å². The summed E-state index contributed by atoms with van der Waals surface area (Å²) in [5.74, 6) is 0.233. The highest BCUT2D eigenvalue weighted by Crippen LogP contribution is 2.25. The number of nitrogens with one attached hydrogen (secondary N) is 2. The molecule has 0 amide bonds. The summed E-state index contributed by atoms with van der Waals surface area (Å²) in [7, 11) is -1.85. The molecule has 0 fully saturated rings. The second kappa shape index (κ2) is 5.88. The largest absolute Gasteiger partial charge is 0.387 e. The summed E-state index contributed by atoms with van der Waals surface area (Å²) in [6, 6.07) is 1.64. The van der Waals surface area contributed by atoms with Gasteiger partial charge in [-0.25, -0.2) is 13.1 Å². The molecule has 0 aliphatic carbocycles. The molecule has 2 N–H and O–H groups in total. The maximum atomic E-state index is 12.3. The van der Waals surface area contributed by atoms with Crippen molar-refractivity contribution in [3.63, 3.8) is 0 Å². The third-order valence-corrected chi connectivity index (χ3v) is 4.85. The van der Waals surface area contributed by atoms with Gasteiger partial charge < -0.3 is 5.32 Å². The smallest absolute Gasteiger partial charge is 0.244 e. The highest BCUT2D eigenvalue weighted by Gasteiger charge is 2.24. The van der Waals surface area contributed by atoms with Crippen LogP contribution in [-0.2, 0) is 10.0 Å². The van der Waals surface area contributed by atoms with Gasteiger partial charge in [-0.2, -0.15) is 0 Å². The third kappa shape index (κ3) is 4.18. The highest BCUT2D eigenvalue weighted by atomic mass is 32.2. The van der Waals surface area contributed by atoms with Gasteiger partial charge in [-0.15, -0.1) is 0 Å². The fourth-order valence-corrected chi connectivity index (χ4v) is 2.70. The average molecular weight is 285 g/mol. The zero-order valence-corrected chi connectivity index (χ0v) is 13.0. The van der Waals surface area contributed by atoms with Crippen molar-refractivity contribution >= 4 is 15.7 Å². The van der Waals surface area contributed by atoms with E-state index >= 15 is 0 Å². The van der Waals surface area contributed by atoms with Gasteiger partial charge in [-0.05, 0) is 17.4 Å². The van der Waals surface area contributed by atoms with Crippen molar-refractivity contribution in [1.82, 2.24) is 9.71 Å². The van der Waals surface area contributed by atoms with Crippen molar-refractivity contribution in [3.8, 4) is 0 Å². The Morgan fingerprint density at radius 2 is 2.00 bits per heavy atom. The molecule has 6 heteroatoms. The van der Waals surface area contributed by atoms with Crippen LogP contribution in [0.5, 0.6) is 0 Å². The zero-order chi connectivity index (χ0) is 14.7. The maximum Gasteiger partial charge on any atom is 0.244 e. The predicted octanol–water partition coefficient (Wildman–Crippen LogP) is 2.08. The maximum absolute atomic E-state index is 12.3. The van der Waals surface area contributed by atoms with Crippen LogP contribution in [0.15, 0.2) is 23.4 Å². The molecule has 0 saturated heterocycles. The second-order valence-electron chi connectivity index (χ2n) is 5.74. The quantitative estimate of drug-likeness (QED) is 0.869. The van der Waals surface area contributed by atoms with E-state index in [0.717, 1.165) is 0 Å². The molecule has 19 heavy (non-hydrogen) atoms. The highest BCUT2D eigenvalue weighted by molar-refractivity contribution is 7.89. The molecule has 5 nitrogen and oxygen atoms in total. The fraction of sp³-hybridized carbons (Fsp3) is 0.615. The van der Waals surface area contributed by atoms with Crippen LogP contribution in [-0.4, -0.2) is 27.0 Å². The number of pyridine rings is 1. The molecule has 0 aliphatic rings. The lowest BCUT2D eigenvalue weighted by molar-refractivity contribution is 0.263. The molecule has 0 saturated carbocycles. The lowest BCUT2D eigenvalue weighted by Gasteiger charge is -2.27. The summed E-state index contributed by atoms with van der Waals surface area (Å²) >= 11 is 0. The van der Waals surface area contributed by atoms with Gasteiger partial charge in [0.1, 0.15) is 4.90 Å². The van der Waals surface area contributed by atoms with Crippen LogP contribution in [0.2, 0.25) is 0 Å². The van der Waals surface area contributed by atoms with E-state index < -0.39 is 10.0 Å². The van der Waals surface area contributed by atoms with Crippen molar-refractivity contribution in [2.45, 2.75) is 32.6 Å². The Hall–Kier alpha value is -1.14. The number of hydrogen-bond acceptors (Lipinski definition) is 4. The Kier molecular flexibility index (Phi) is 4.92. The van der Waals surface area contributed by atoms with Gasteiger partial charge in [0.15, 0.2) is 0 Å². The van der Waals surface area contributed by atoms with E-state index in [2.05, 4.69) is 35.8 Å². The van der Waals surface area contributed by atoms with Crippen molar-refractivity contribution in [3.05, 3.63) is 18.5 Å². The molecular weight excluding hydrogens is 262 g/mol. The lowest BCUT2D eigenvalue weighted by atomic mass is 9.82. The van der Waals surface area contributed by atoms with Gasteiger partial charge in [-0.1, -0.05) is 27.7 Å². The first-order chi connectivity index (χ1) is 8.68. The van der Waals surface area contributed by atoms with E-state index in [0.29, 0.717) is 12.2 Å². The first-order valence-electron chi connectivity index (χ1n) is 6.30. The van der Waals surface area contributed by atoms with Crippen LogP contribution < -0.4 is 10.0 Å². The average Bonchev–Trinajstić information content (AvgIpc) is 2.34. The molecule has 0 radical (unpaired) electrons. The Labute approximate surface area is 115 Å². The number of anilines is 1. The van der Waals surface area contributed by atoms with E-state index in [1.54, 1.807) is 19.3 Å². The molecule has 1 atom stereocenters. The summed E-state index contributed by atoms with van der Waals surface area (Å²) in [5, 5.41) is 2.86. The predicted molar refractivity (Wildman–Crippen MR) is 77.6 cm³/mol. The minimum Gasteiger partial charge on any atom is -0.387 e. The van der Waals surface area contributed by atoms with Crippen LogP contribution in [0.4, 0.5) is 5.69 Å².